The van der Waals surface area contributed by atoms with Gasteiger partial charge < -0.3 is 33.8 Å². The summed E-state index contributed by atoms with van der Waals surface area (Å²) in [7, 11) is -9.91. The van der Waals surface area contributed by atoms with Crippen LogP contribution in [0.3, 0.4) is 0 Å². The van der Waals surface area contributed by atoms with Crippen molar-refractivity contribution in [1.82, 2.24) is 0 Å². The highest BCUT2D eigenvalue weighted by atomic mass is 31.2. The van der Waals surface area contributed by atoms with E-state index in [0.717, 1.165) is 114 Å². The number of esters is 4. The van der Waals surface area contributed by atoms with E-state index in [-0.39, 0.29) is 25.7 Å². The first-order valence-corrected chi connectivity index (χ1v) is 41.2. The summed E-state index contributed by atoms with van der Waals surface area (Å²) in [6, 6.07) is 0. The fourth-order valence-electron chi connectivity index (χ4n) is 11.2. The maximum Gasteiger partial charge on any atom is 0.472 e. The number of aliphatic hydroxyl groups is 1. The lowest BCUT2D eigenvalue weighted by Gasteiger charge is -2.21. The van der Waals surface area contributed by atoms with Crippen molar-refractivity contribution in [2.24, 2.45) is 23.7 Å². The minimum atomic E-state index is -4.96. The Hall–Kier alpha value is -1.94. The van der Waals surface area contributed by atoms with Gasteiger partial charge in [-0.15, -0.1) is 0 Å². The van der Waals surface area contributed by atoms with Gasteiger partial charge in [0.2, 0.25) is 0 Å². The van der Waals surface area contributed by atoms with Crippen molar-refractivity contribution in [2.45, 2.75) is 388 Å². The van der Waals surface area contributed by atoms with E-state index in [2.05, 4.69) is 55.4 Å². The van der Waals surface area contributed by atoms with Crippen LogP contribution in [0.2, 0.25) is 0 Å². The van der Waals surface area contributed by atoms with Gasteiger partial charge in [0.25, 0.3) is 0 Å². The minimum Gasteiger partial charge on any atom is -0.462 e. The molecule has 3 unspecified atom stereocenters. The predicted octanol–water partition coefficient (Wildman–Crippen LogP) is 21.3. The lowest BCUT2D eigenvalue weighted by atomic mass is 10.0. The summed E-state index contributed by atoms with van der Waals surface area (Å²) >= 11 is 0. The highest BCUT2D eigenvalue weighted by Gasteiger charge is 2.30. The lowest BCUT2D eigenvalue weighted by Crippen LogP contribution is -2.30. The maximum absolute atomic E-state index is 13.1. The summed E-state index contributed by atoms with van der Waals surface area (Å²) in [5.74, 6) is 0.904. The number of hydrogen-bond acceptors (Lipinski definition) is 15. The molecule has 0 heterocycles. The third-order valence-corrected chi connectivity index (χ3v) is 19.0. The van der Waals surface area contributed by atoms with Crippen LogP contribution >= 0.6 is 15.6 Å². The molecule has 0 spiro atoms. The van der Waals surface area contributed by atoms with Crippen LogP contribution in [0.1, 0.15) is 370 Å². The first kappa shape index (κ1) is 91.1. The zero-order valence-corrected chi connectivity index (χ0v) is 62.7. The minimum absolute atomic E-state index is 0.105. The van der Waals surface area contributed by atoms with Gasteiger partial charge in [-0.2, -0.15) is 0 Å². The molecule has 0 saturated carbocycles. The fraction of sp³-hybridized carbons (Fsp3) is 0.946. The topological polar surface area (TPSA) is 237 Å². The molecule has 3 N–H and O–H groups in total. The Balaban J connectivity index is 5.27. The zero-order valence-electron chi connectivity index (χ0n) is 60.9. The molecule has 0 aliphatic heterocycles. The Kier molecular flexibility index (Phi) is 62.2. The molecule has 5 atom stereocenters. The number of phosphoric ester groups is 2. The van der Waals surface area contributed by atoms with E-state index in [1.807, 2.05) is 0 Å². The Morgan fingerprint density at radius 3 is 0.667 bits per heavy atom. The monoisotopic (exact) mass is 1370 g/mol. The van der Waals surface area contributed by atoms with Gasteiger partial charge in [-0.3, -0.25) is 37.3 Å². The standard InChI is InChI=1S/C74H144O17P2/c1-64(2)50-42-34-26-18-12-9-10-14-22-32-40-48-56-73(78)90-69(60-84-71(76)54-46-38-30-21-17-16-20-28-36-44-52-66(5)6)62-88-92(80,81)86-58-68(75)59-87-93(82,83)89-63-70(61-85-72(77)55-47-39-31-25-24-29-37-45-53-67(7)8)91-74(79)57-49-41-33-23-15-11-13-19-27-35-43-51-65(3)4/h64-70,75H,9-63H2,1-8H3,(H,80,81)(H,82,83)/t68?,69-,70-/m1/s1. The molecule has 0 aromatic carbocycles. The zero-order chi connectivity index (χ0) is 68.9. The molecular weight excluding hydrogens is 1220 g/mol. The molecule has 0 rings (SSSR count). The van der Waals surface area contributed by atoms with Crippen LogP contribution in [0.25, 0.3) is 0 Å². The number of phosphoric acid groups is 2. The summed E-state index contributed by atoms with van der Waals surface area (Å²) in [4.78, 5) is 72.8. The molecule has 19 heteroatoms. The average Bonchev–Trinajstić information content (AvgIpc) is 3.01. The van der Waals surface area contributed by atoms with E-state index in [1.54, 1.807) is 0 Å². The molecular formula is C74H144O17P2. The SMILES string of the molecule is CC(C)CCCCCCCCCCCCCCC(=O)O[C@H](COC(=O)CCCCCCCCCCCCC(C)C)COP(=O)(O)OCC(O)COP(=O)(O)OC[C@@H](COC(=O)CCCCCCCCCCC(C)C)OC(=O)CCCCCCCCCCCCCC(C)C. The van der Waals surface area contributed by atoms with Gasteiger partial charge in [0, 0.05) is 25.7 Å². The first-order valence-electron chi connectivity index (χ1n) is 38.2. The number of rotatable bonds is 71. The fourth-order valence-corrected chi connectivity index (χ4v) is 12.8. The van der Waals surface area contributed by atoms with E-state index in [9.17, 15) is 43.2 Å². The van der Waals surface area contributed by atoms with Crippen LogP contribution in [0.5, 0.6) is 0 Å². The second kappa shape index (κ2) is 63.5. The highest BCUT2D eigenvalue weighted by molar-refractivity contribution is 7.47. The van der Waals surface area contributed by atoms with Crippen LogP contribution in [0, 0.1) is 23.7 Å². The number of ether oxygens (including phenoxy) is 4. The number of unbranched alkanes of at least 4 members (excludes halogenated alkanes) is 37. The molecule has 0 aromatic rings. The smallest absolute Gasteiger partial charge is 0.462 e. The van der Waals surface area contributed by atoms with Crippen LogP contribution in [0.4, 0.5) is 0 Å². The van der Waals surface area contributed by atoms with Crippen molar-refractivity contribution in [2.75, 3.05) is 39.6 Å². The molecule has 0 aromatic heterocycles. The van der Waals surface area contributed by atoms with E-state index in [4.69, 9.17) is 37.0 Å². The second-order valence-electron chi connectivity index (χ2n) is 28.6. The van der Waals surface area contributed by atoms with Gasteiger partial charge in [-0.25, -0.2) is 9.13 Å². The quantitative estimate of drug-likeness (QED) is 0.0222. The number of aliphatic hydroxyl groups excluding tert-OH is 1. The number of carbonyl (C=O) groups excluding carboxylic acids is 4. The third-order valence-electron chi connectivity index (χ3n) is 17.1. The number of carbonyl (C=O) groups is 4. The lowest BCUT2D eigenvalue weighted by molar-refractivity contribution is -0.161. The molecule has 0 radical (unpaired) electrons. The third kappa shape index (κ3) is 68.4. The van der Waals surface area contributed by atoms with Gasteiger partial charge >= 0.3 is 39.5 Å². The molecule has 0 fully saturated rings. The Bertz CT molecular complexity index is 1830. The molecule has 552 valence electrons. The van der Waals surface area contributed by atoms with E-state index >= 15 is 0 Å². The van der Waals surface area contributed by atoms with Crippen molar-refractivity contribution < 1.29 is 80.2 Å². The van der Waals surface area contributed by atoms with E-state index < -0.39 is 97.5 Å². The summed E-state index contributed by atoms with van der Waals surface area (Å²) in [5.41, 5.74) is 0. The van der Waals surface area contributed by atoms with Crippen LogP contribution in [-0.2, 0) is 65.4 Å². The average molecular weight is 1370 g/mol. The van der Waals surface area contributed by atoms with Crippen LogP contribution in [0.15, 0.2) is 0 Å². The largest absolute Gasteiger partial charge is 0.472 e. The molecule has 93 heavy (non-hydrogen) atoms. The Labute approximate surface area is 568 Å². The summed E-state index contributed by atoms with van der Waals surface area (Å²) in [6.45, 7) is 14.2. The van der Waals surface area contributed by atoms with Crippen molar-refractivity contribution >= 4 is 39.5 Å². The maximum atomic E-state index is 13.1. The van der Waals surface area contributed by atoms with Crippen LogP contribution < -0.4 is 0 Å². The van der Waals surface area contributed by atoms with Crippen molar-refractivity contribution in [3.8, 4) is 0 Å². The van der Waals surface area contributed by atoms with Gasteiger partial charge in [-0.1, -0.05) is 319 Å². The summed E-state index contributed by atoms with van der Waals surface area (Å²) < 4.78 is 68.5. The summed E-state index contributed by atoms with van der Waals surface area (Å²) in [6.07, 6.45) is 47.1. The van der Waals surface area contributed by atoms with Crippen molar-refractivity contribution in [3.63, 3.8) is 0 Å². The van der Waals surface area contributed by atoms with Gasteiger partial charge in [0.1, 0.15) is 19.3 Å². The van der Waals surface area contributed by atoms with Gasteiger partial charge in [0.05, 0.1) is 26.4 Å². The molecule has 0 aliphatic rings. The molecule has 0 amide bonds. The molecule has 0 saturated heterocycles. The Morgan fingerprint density at radius 2 is 0.452 bits per heavy atom. The Morgan fingerprint density at radius 1 is 0.269 bits per heavy atom. The van der Waals surface area contributed by atoms with Crippen molar-refractivity contribution in [1.29, 1.82) is 0 Å². The van der Waals surface area contributed by atoms with Crippen molar-refractivity contribution in [3.05, 3.63) is 0 Å². The van der Waals surface area contributed by atoms with E-state index in [0.29, 0.717) is 25.7 Å². The van der Waals surface area contributed by atoms with Gasteiger partial charge in [0.15, 0.2) is 12.2 Å². The predicted molar refractivity (Wildman–Crippen MR) is 377 cm³/mol. The molecule has 0 bridgehead atoms. The van der Waals surface area contributed by atoms with Crippen LogP contribution in [-0.4, -0.2) is 96.7 Å². The first-order chi connectivity index (χ1) is 44.6. The second-order valence-corrected chi connectivity index (χ2v) is 31.5. The normalized spacial score (nSPS) is 14.2. The molecule has 0 aliphatic carbocycles. The van der Waals surface area contributed by atoms with Gasteiger partial charge in [-0.05, 0) is 49.4 Å². The van der Waals surface area contributed by atoms with E-state index in [1.165, 1.54) is 173 Å². The molecule has 17 nitrogen and oxygen atoms in total. The number of hydrogen-bond donors (Lipinski definition) is 3. The highest BCUT2D eigenvalue weighted by Crippen LogP contribution is 2.45. The summed E-state index contributed by atoms with van der Waals surface area (Å²) in [5, 5.41) is 10.6.